The highest BCUT2D eigenvalue weighted by atomic mass is 35.5. The first kappa shape index (κ1) is 21.9. The van der Waals surface area contributed by atoms with Gasteiger partial charge in [0.2, 0.25) is 6.08 Å². The summed E-state index contributed by atoms with van der Waals surface area (Å²) in [4.78, 5) is 30.9. The van der Waals surface area contributed by atoms with Gasteiger partial charge in [-0.1, -0.05) is 35.9 Å². The van der Waals surface area contributed by atoms with E-state index in [9.17, 15) is 4.79 Å². The van der Waals surface area contributed by atoms with Crippen molar-refractivity contribution in [1.82, 2.24) is 9.97 Å². The van der Waals surface area contributed by atoms with Gasteiger partial charge in [0.05, 0.1) is 16.1 Å². The molecule has 0 aliphatic heterocycles. The maximum absolute atomic E-state index is 12.2. The number of carbonyl (C=O) groups excluding carboxylic acids is 2. The molecule has 2 aromatic heterocycles. The fourth-order valence-electron chi connectivity index (χ4n) is 2.98. The highest BCUT2D eigenvalue weighted by molar-refractivity contribution is 7.19. The number of isocyanates is 1. The zero-order valence-corrected chi connectivity index (χ0v) is 17.8. The Labute approximate surface area is 186 Å². The first-order valence-corrected chi connectivity index (χ1v) is 10.1. The number of para-hydroxylation sites is 1. The molecular formula is C21H17ClN6O2S. The molecule has 2 heterocycles. The van der Waals surface area contributed by atoms with E-state index < -0.39 is 0 Å². The van der Waals surface area contributed by atoms with E-state index in [4.69, 9.17) is 27.5 Å². The fourth-order valence-corrected chi connectivity index (χ4v) is 4.19. The summed E-state index contributed by atoms with van der Waals surface area (Å²) in [6.07, 6.45) is 2.22. The van der Waals surface area contributed by atoms with Crippen molar-refractivity contribution in [1.29, 1.82) is 5.41 Å². The van der Waals surface area contributed by atoms with Gasteiger partial charge in [-0.15, -0.1) is 11.3 Å². The van der Waals surface area contributed by atoms with Crippen molar-refractivity contribution in [3.8, 4) is 11.1 Å². The van der Waals surface area contributed by atoms with E-state index in [-0.39, 0.29) is 6.03 Å². The number of anilines is 3. The number of carbonyl (C=O) groups is 1. The number of nitrogen functional groups attached to an aromatic ring is 1. The highest BCUT2D eigenvalue weighted by Crippen LogP contribution is 2.39. The number of benzene rings is 2. The van der Waals surface area contributed by atoms with Crippen LogP contribution in [0.25, 0.3) is 21.3 Å². The van der Waals surface area contributed by atoms with Crippen LogP contribution in [0.4, 0.5) is 22.0 Å². The molecule has 0 unspecified atom stereocenters. The summed E-state index contributed by atoms with van der Waals surface area (Å²) in [6, 6.07) is 14.2. The average Bonchev–Trinajstić information content (AvgIpc) is 3.08. The van der Waals surface area contributed by atoms with Crippen molar-refractivity contribution < 1.29 is 9.59 Å². The van der Waals surface area contributed by atoms with Gasteiger partial charge in [-0.3, -0.25) is 0 Å². The zero-order valence-electron chi connectivity index (χ0n) is 16.3. The summed E-state index contributed by atoms with van der Waals surface area (Å²) in [7, 11) is 0. The van der Waals surface area contributed by atoms with Gasteiger partial charge in [0.25, 0.3) is 0 Å². The van der Waals surface area contributed by atoms with Crippen LogP contribution in [0.15, 0.2) is 54.9 Å². The van der Waals surface area contributed by atoms with Crippen LogP contribution in [0.3, 0.4) is 0 Å². The SMILES string of the molecule is Cc1sc2ncnc(N)c2c1-c1ccc(NC(=O)Nc2ccccc2Cl)cc1.N=C=O. The Kier molecular flexibility index (Phi) is 6.94. The number of urea groups is 1. The molecule has 0 saturated carbocycles. The van der Waals surface area contributed by atoms with Gasteiger partial charge in [-0.2, -0.15) is 0 Å². The second-order valence-electron chi connectivity index (χ2n) is 6.21. The molecule has 0 spiro atoms. The molecule has 0 aliphatic rings. The zero-order chi connectivity index (χ0) is 22.4. The van der Waals surface area contributed by atoms with Crippen LogP contribution in [0.1, 0.15) is 4.88 Å². The van der Waals surface area contributed by atoms with E-state index in [2.05, 4.69) is 20.6 Å². The third-order valence-electron chi connectivity index (χ3n) is 4.25. The molecule has 5 N–H and O–H groups in total. The summed E-state index contributed by atoms with van der Waals surface area (Å²) in [6.45, 7) is 2.03. The van der Waals surface area contributed by atoms with E-state index in [1.54, 1.807) is 35.6 Å². The lowest BCUT2D eigenvalue weighted by atomic mass is 10.0. The molecule has 10 heteroatoms. The lowest BCUT2D eigenvalue weighted by Gasteiger charge is -2.10. The van der Waals surface area contributed by atoms with Crippen LogP contribution in [0.2, 0.25) is 5.02 Å². The third kappa shape index (κ3) is 5.04. The maximum Gasteiger partial charge on any atom is 0.323 e. The topological polar surface area (TPSA) is 134 Å². The minimum atomic E-state index is -0.365. The number of thiophene rings is 1. The Bertz CT molecular complexity index is 1270. The van der Waals surface area contributed by atoms with Crippen molar-refractivity contribution in [3.05, 3.63) is 64.8 Å². The summed E-state index contributed by atoms with van der Waals surface area (Å²) >= 11 is 7.64. The first-order valence-electron chi connectivity index (χ1n) is 8.91. The van der Waals surface area contributed by atoms with Crippen molar-refractivity contribution in [2.75, 3.05) is 16.4 Å². The predicted octanol–water partition coefficient (Wildman–Crippen LogP) is 5.45. The van der Waals surface area contributed by atoms with Crippen LogP contribution >= 0.6 is 22.9 Å². The summed E-state index contributed by atoms with van der Waals surface area (Å²) < 4.78 is 0. The van der Waals surface area contributed by atoms with Crippen LogP contribution in [0.5, 0.6) is 0 Å². The van der Waals surface area contributed by atoms with Gasteiger partial charge < -0.3 is 16.4 Å². The lowest BCUT2D eigenvalue weighted by molar-refractivity contribution is 0.262. The standard InChI is InChI=1S/C20H16ClN5OS.CHNO/c1-11-16(17-18(22)23-10-24-19(17)28-11)12-6-8-13(9-7-12)25-20(27)26-15-5-3-2-4-14(15)21;2-1-3/h2-10H,1H3,(H2,22,23,24)(H2,25,26,27);2H. The molecule has 0 aliphatic carbocycles. The molecule has 31 heavy (non-hydrogen) atoms. The van der Waals surface area contributed by atoms with Gasteiger partial charge in [0.1, 0.15) is 17.0 Å². The van der Waals surface area contributed by atoms with Crippen molar-refractivity contribution in [2.45, 2.75) is 6.92 Å². The van der Waals surface area contributed by atoms with Gasteiger partial charge >= 0.3 is 6.03 Å². The Hall–Kier alpha value is -3.78. The van der Waals surface area contributed by atoms with E-state index in [0.29, 0.717) is 22.2 Å². The fraction of sp³-hybridized carbons (Fsp3) is 0.0476. The molecule has 0 fully saturated rings. The quantitative estimate of drug-likeness (QED) is 0.242. The van der Waals surface area contributed by atoms with Crippen molar-refractivity contribution >= 4 is 62.5 Å². The van der Waals surface area contributed by atoms with Crippen LogP contribution in [0, 0.1) is 12.3 Å². The van der Waals surface area contributed by atoms with Crippen LogP contribution in [-0.4, -0.2) is 22.1 Å². The maximum atomic E-state index is 12.2. The Balaban J connectivity index is 0.000000858. The number of nitrogens with one attached hydrogen (secondary N) is 3. The van der Waals surface area contributed by atoms with E-state index in [1.807, 2.05) is 31.2 Å². The molecular weight excluding hydrogens is 436 g/mol. The van der Waals surface area contributed by atoms with E-state index in [0.717, 1.165) is 32.3 Å². The minimum absolute atomic E-state index is 0.365. The van der Waals surface area contributed by atoms with Crippen molar-refractivity contribution in [3.63, 3.8) is 0 Å². The molecule has 0 radical (unpaired) electrons. The molecule has 4 aromatic rings. The second-order valence-corrected chi connectivity index (χ2v) is 7.82. The Morgan fingerprint density at radius 2 is 1.81 bits per heavy atom. The van der Waals surface area contributed by atoms with Gasteiger partial charge in [0, 0.05) is 16.1 Å². The van der Waals surface area contributed by atoms with Gasteiger partial charge in [-0.05, 0) is 36.8 Å². The largest absolute Gasteiger partial charge is 0.383 e. The number of aromatic nitrogens is 2. The second kappa shape index (κ2) is 9.82. The molecule has 2 aromatic carbocycles. The number of nitrogens with zero attached hydrogens (tertiary/aromatic N) is 2. The van der Waals surface area contributed by atoms with Crippen LogP contribution < -0.4 is 16.4 Å². The number of rotatable bonds is 3. The van der Waals surface area contributed by atoms with E-state index >= 15 is 0 Å². The molecule has 0 atom stereocenters. The van der Waals surface area contributed by atoms with Crippen LogP contribution in [-0.2, 0) is 4.79 Å². The predicted molar refractivity (Wildman–Crippen MR) is 125 cm³/mol. The number of halogens is 1. The number of hydrogen-bond acceptors (Lipinski definition) is 7. The number of hydrogen-bond donors (Lipinski definition) is 4. The average molecular weight is 453 g/mol. The van der Waals surface area contributed by atoms with Crippen molar-refractivity contribution in [2.24, 2.45) is 0 Å². The van der Waals surface area contributed by atoms with Gasteiger partial charge in [0.15, 0.2) is 0 Å². The Morgan fingerprint density at radius 1 is 1.13 bits per heavy atom. The molecule has 0 bridgehead atoms. The lowest BCUT2D eigenvalue weighted by Crippen LogP contribution is -2.19. The first-order chi connectivity index (χ1) is 14.9. The smallest absolute Gasteiger partial charge is 0.323 e. The number of nitrogens with two attached hydrogens (primary N) is 1. The Morgan fingerprint density at radius 3 is 2.48 bits per heavy atom. The summed E-state index contributed by atoms with van der Waals surface area (Å²) in [5.41, 5.74) is 9.29. The molecule has 0 saturated heterocycles. The highest BCUT2D eigenvalue weighted by Gasteiger charge is 2.15. The molecule has 8 nitrogen and oxygen atoms in total. The molecule has 4 rings (SSSR count). The number of fused-ring (bicyclic) bond motifs is 1. The summed E-state index contributed by atoms with van der Waals surface area (Å²) in [5, 5.41) is 12.3. The minimum Gasteiger partial charge on any atom is -0.383 e. The number of aryl methyl sites for hydroxylation is 1. The third-order valence-corrected chi connectivity index (χ3v) is 5.59. The van der Waals surface area contributed by atoms with E-state index in [1.165, 1.54) is 6.33 Å². The molecule has 156 valence electrons. The number of amides is 2. The summed E-state index contributed by atoms with van der Waals surface area (Å²) in [5.74, 6) is 0.464. The monoisotopic (exact) mass is 452 g/mol. The van der Waals surface area contributed by atoms with Gasteiger partial charge in [-0.25, -0.2) is 25.0 Å². The normalized spacial score (nSPS) is 10.0. The molecule has 2 amide bonds.